The molecule has 5 rings (SSSR count). The van der Waals surface area contributed by atoms with E-state index in [0.29, 0.717) is 44.7 Å². The maximum atomic E-state index is 13.5. The standard InChI is InChI=1S/C31H39N3O8S2/c1-23-5-2-10-30(33-23)24-6-3-9-29(17-24)44(39,40)34-13-11-31(12-14-34)19-25(21-42-31)32-20-26(36)22-41-27-7-4-8-28(18-27)43(37,38)16-15-35/h2-10,17-18,25-26,32,35-36H,11-16,19-22H2,1H3. The van der Waals surface area contributed by atoms with Gasteiger partial charge in [0.1, 0.15) is 18.5 Å². The number of rotatable bonds is 12. The van der Waals surface area contributed by atoms with Crippen molar-refractivity contribution in [3.05, 3.63) is 72.4 Å². The van der Waals surface area contributed by atoms with E-state index in [0.717, 1.165) is 17.0 Å². The number of aliphatic hydroxyl groups excluding tert-OH is 2. The van der Waals surface area contributed by atoms with Gasteiger partial charge in [0, 0.05) is 36.9 Å². The SMILES string of the molecule is Cc1cccc(-c2cccc(S(=O)(=O)N3CCC4(CC3)CC(NCC(O)COc3cccc(S(=O)(=O)CCO)c3)CO4)c2)n1. The van der Waals surface area contributed by atoms with Crippen molar-refractivity contribution in [1.82, 2.24) is 14.6 Å². The molecule has 44 heavy (non-hydrogen) atoms. The van der Waals surface area contributed by atoms with Crippen LogP contribution in [0.25, 0.3) is 11.3 Å². The molecular formula is C31H39N3O8S2. The number of sulfone groups is 1. The van der Waals surface area contributed by atoms with Crippen molar-refractivity contribution in [2.75, 3.05) is 45.2 Å². The Balaban J connectivity index is 1.10. The maximum Gasteiger partial charge on any atom is 0.243 e. The molecule has 2 saturated heterocycles. The quantitative estimate of drug-likeness (QED) is 0.267. The van der Waals surface area contributed by atoms with Crippen molar-refractivity contribution < 1.29 is 36.5 Å². The Morgan fingerprint density at radius 2 is 1.77 bits per heavy atom. The Bertz CT molecular complexity index is 1660. The first-order chi connectivity index (χ1) is 21.0. The summed E-state index contributed by atoms with van der Waals surface area (Å²) in [6.07, 6.45) is 1.01. The molecule has 0 aliphatic carbocycles. The molecule has 2 unspecified atom stereocenters. The lowest BCUT2D eigenvalue weighted by molar-refractivity contribution is -0.0312. The molecule has 2 aliphatic rings. The summed E-state index contributed by atoms with van der Waals surface area (Å²) in [5.74, 6) is -0.0614. The molecule has 2 atom stereocenters. The van der Waals surface area contributed by atoms with Gasteiger partial charge in [-0.25, -0.2) is 16.8 Å². The van der Waals surface area contributed by atoms with Gasteiger partial charge >= 0.3 is 0 Å². The fourth-order valence-electron chi connectivity index (χ4n) is 5.68. The minimum absolute atomic E-state index is 0.00160. The molecule has 13 heteroatoms. The summed E-state index contributed by atoms with van der Waals surface area (Å²) in [6.45, 7) is 2.80. The lowest BCUT2D eigenvalue weighted by Crippen LogP contribution is -2.47. The van der Waals surface area contributed by atoms with Crippen LogP contribution in [-0.4, -0.2) is 99.3 Å². The third-order valence-electron chi connectivity index (χ3n) is 8.11. The second-order valence-corrected chi connectivity index (χ2v) is 15.4. The van der Waals surface area contributed by atoms with Crippen LogP contribution >= 0.6 is 0 Å². The van der Waals surface area contributed by atoms with Crippen LogP contribution in [0.5, 0.6) is 5.75 Å². The molecule has 3 aromatic rings. The van der Waals surface area contributed by atoms with Crippen LogP contribution in [0, 0.1) is 6.92 Å². The second kappa shape index (κ2) is 13.6. The van der Waals surface area contributed by atoms with E-state index in [1.165, 1.54) is 16.4 Å². The fourth-order valence-corrected chi connectivity index (χ4v) is 8.22. The number of nitrogens with zero attached hydrogens (tertiary/aromatic N) is 2. The predicted molar refractivity (Wildman–Crippen MR) is 165 cm³/mol. The van der Waals surface area contributed by atoms with E-state index >= 15 is 0 Å². The molecule has 1 spiro atoms. The van der Waals surface area contributed by atoms with Crippen molar-refractivity contribution in [2.45, 2.75) is 53.7 Å². The zero-order valence-electron chi connectivity index (χ0n) is 24.6. The molecule has 2 fully saturated rings. The van der Waals surface area contributed by atoms with Crippen molar-refractivity contribution in [2.24, 2.45) is 0 Å². The van der Waals surface area contributed by atoms with Crippen molar-refractivity contribution in [3.8, 4) is 17.0 Å². The summed E-state index contributed by atoms with van der Waals surface area (Å²) in [4.78, 5) is 4.82. The number of aliphatic hydroxyl groups is 2. The minimum Gasteiger partial charge on any atom is -0.491 e. The minimum atomic E-state index is -3.68. The smallest absolute Gasteiger partial charge is 0.243 e. The van der Waals surface area contributed by atoms with Crippen LogP contribution < -0.4 is 10.1 Å². The van der Waals surface area contributed by atoms with Gasteiger partial charge in [-0.3, -0.25) is 4.98 Å². The first-order valence-corrected chi connectivity index (χ1v) is 17.8. The number of piperidine rings is 1. The number of sulfonamides is 1. The molecule has 0 amide bonds. The summed E-state index contributed by atoms with van der Waals surface area (Å²) in [5.41, 5.74) is 1.93. The van der Waals surface area contributed by atoms with Crippen molar-refractivity contribution in [3.63, 3.8) is 0 Å². The van der Waals surface area contributed by atoms with Gasteiger partial charge < -0.3 is 25.0 Å². The first-order valence-electron chi connectivity index (χ1n) is 14.7. The molecule has 1 aromatic heterocycles. The lowest BCUT2D eigenvalue weighted by atomic mass is 9.88. The highest BCUT2D eigenvalue weighted by molar-refractivity contribution is 7.91. The Kier molecular flexibility index (Phi) is 10.0. The highest BCUT2D eigenvalue weighted by Crippen LogP contribution is 2.37. The molecule has 3 heterocycles. The average molecular weight is 646 g/mol. The number of hydrogen-bond acceptors (Lipinski definition) is 10. The van der Waals surface area contributed by atoms with E-state index in [1.54, 1.807) is 30.3 Å². The van der Waals surface area contributed by atoms with Crippen LogP contribution in [0.3, 0.4) is 0 Å². The Hall–Kier alpha value is -2.91. The van der Waals surface area contributed by atoms with E-state index in [9.17, 15) is 21.9 Å². The third kappa shape index (κ3) is 7.65. The number of ether oxygens (including phenoxy) is 2. The van der Waals surface area contributed by atoms with Gasteiger partial charge in [0.05, 0.1) is 40.1 Å². The number of pyridine rings is 1. The summed E-state index contributed by atoms with van der Waals surface area (Å²) < 4.78 is 64.7. The zero-order valence-corrected chi connectivity index (χ0v) is 26.3. The van der Waals surface area contributed by atoms with Gasteiger partial charge in [-0.1, -0.05) is 24.3 Å². The third-order valence-corrected chi connectivity index (χ3v) is 11.7. The van der Waals surface area contributed by atoms with E-state index < -0.39 is 38.2 Å². The Morgan fingerprint density at radius 3 is 2.52 bits per heavy atom. The van der Waals surface area contributed by atoms with Crippen LogP contribution in [-0.2, 0) is 24.6 Å². The van der Waals surface area contributed by atoms with Gasteiger partial charge in [-0.15, -0.1) is 0 Å². The van der Waals surface area contributed by atoms with Crippen LogP contribution in [0.2, 0.25) is 0 Å². The monoisotopic (exact) mass is 645 g/mol. The predicted octanol–water partition coefficient (Wildman–Crippen LogP) is 2.16. The number of aromatic nitrogens is 1. The first kappa shape index (κ1) is 32.5. The van der Waals surface area contributed by atoms with Crippen molar-refractivity contribution in [1.29, 1.82) is 0 Å². The molecular weight excluding hydrogens is 606 g/mol. The molecule has 3 N–H and O–H groups in total. The molecule has 238 valence electrons. The zero-order chi connectivity index (χ0) is 31.4. The highest BCUT2D eigenvalue weighted by Gasteiger charge is 2.44. The number of hydrogen-bond donors (Lipinski definition) is 3. The summed E-state index contributed by atoms with van der Waals surface area (Å²) in [7, 11) is -7.29. The summed E-state index contributed by atoms with van der Waals surface area (Å²) in [6, 6.07) is 18.5. The Labute approximate surface area is 258 Å². The summed E-state index contributed by atoms with van der Waals surface area (Å²) >= 11 is 0. The molecule has 2 aromatic carbocycles. The van der Waals surface area contributed by atoms with E-state index in [-0.39, 0.29) is 34.7 Å². The van der Waals surface area contributed by atoms with Crippen molar-refractivity contribution >= 4 is 19.9 Å². The average Bonchev–Trinajstić information content (AvgIpc) is 3.41. The molecule has 2 aliphatic heterocycles. The molecule has 0 radical (unpaired) electrons. The summed E-state index contributed by atoms with van der Waals surface area (Å²) in [5, 5.41) is 22.8. The number of aryl methyl sites for hydroxylation is 1. The van der Waals surface area contributed by atoms with E-state index in [2.05, 4.69) is 10.3 Å². The number of nitrogens with one attached hydrogen (secondary N) is 1. The van der Waals surface area contributed by atoms with E-state index in [4.69, 9.17) is 14.6 Å². The van der Waals surface area contributed by atoms with E-state index in [1.807, 2.05) is 31.2 Å². The topological polar surface area (TPSA) is 155 Å². The maximum absolute atomic E-state index is 13.5. The normalized spacial score (nSPS) is 19.7. The van der Waals surface area contributed by atoms with Crippen LogP contribution in [0.15, 0.2) is 76.5 Å². The molecule has 0 bridgehead atoms. The van der Waals surface area contributed by atoms with Gasteiger partial charge in [0.15, 0.2) is 9.84 Å². The molecule has 11 nitrogen and oxygen atoms in total. The van der Waals surface area contributed by atoms with Crippen LogP contribution in [0.1, 0.15) is 25.0 Å². The fraction of sp³-hybridized carbons (Fsp3) is 0.452. The lowest BCUT2D eigenvalue weighted by Gasteiger charge is -2.38. The van der Waals surface area contributed by atoms with Gasteiger partial charge in [-0.2, -0.15) is 4.31 Å². The van der Waals surface area contributed by atoms with Crippen LogP contribution in [0.4, 0.5) is 0 Å². The second-order valence-electron chi connectivity index (χ2n) is 11.4. The Morgan fingerprint density at radius 1 is 1.05 bits per heavy atom. The largest absolute Gasteiger partial charge is 0.491 e. The van der Waals surface area contributed by atoms with Gasteiger partial charge in [0.25, 0.3) is 0 Å². The van der Waals surface area contributed by atoms with Gasteiger partial charge in [-0.05, 0) is 68.7 Å². The van der Waals surface area contributed by atoms with Gasteiger partial charge in [0.2, 0.25) is 10.0 Å². The molecule has 0 saturated carbocycles. The number of benzene rings is 2. The highest BCUT2D eigenvalue weighted by atomic mass is 32.2.